The average Bonchev–Trinajstić information content (AvgIpc) is 3.17. The highest BCUT2D eigenvalue weighted by Crippen LogP contribution is 2.26. The zero-order valence-corrected chi connectivity index (χ0v) is 12.5. The van der Waals surface area contributed by atoms with Crippen molar-refractivity contribution < 1.29 is 18.0 Å². The van der Waals surface area contributed by atoms with Gasteiger partial charge < -0.3 is 9.73 Å². The van der Waals surface area contributed by atoms with E-state index >= 15 is 0 Å². The van der Waals surface area contributed by atoms with Crippen molar-refractivity contribution in [2.45, 2.75) is 6.92 Å². The summed E-state index contributed by atoms with van der Waals surface area (Å²) in [6.45, 7) is 1.55. The number of aryl methyl sites for hydroxylation is 1. The van der Waals surface area contributed by atoms with Gasteiger partial charge in [0.2, 0.25) is 5.88 Å². The summed E-state index contributed by atoms with van der Waals surface area (Å²) in [4.78, 5) is 12.4. The molecule has 0 spiro atoms. The van der Waals surface area contributed by atoms with Crippen LogP contribution < -0.4 is 5.32 Å². The summed E-state index contributed by atoms with van der Waals surface area (Å²) >= 11 is 0. The van der Waals surface area contributed by atoms with Gasteiger partial charge in [-0.15, -0.1) is 0 Å². The summed E-state index contributed by atoms with van der Waals surface area (Å²) in [6, 6.07) is 8.45. The molecule has 5 nitrogen and oxygen atoms in total. The number of benzene rings is 1. The first-order valence-corrected chi connectivity index (χ1v) is 6.94. The predicted octanol–water partition coefficient (Wildman–Crippen LogP) is 3.78. The molecule has 7 heteroatoms. The summed E-state index contributed by atoms with van der Waals surface area (Å²) in [7, 11) is 0. The van der Waals surface area contributed by atoms with Crippen LogP contribution >= 0.6 is 0 Å². The molecule has 2 heterocycles. The molecule has 2 aromatic heterocycles. The van der Waals surface area contributed by atoms with Gasteiger partial charge in [0.25, 0.3) is 5.91 Å². The van der Waals surface area contributed by atoms with Crippen molar-refractivity contribution in [1.82, 2.24) is 4.57 Å². The molecule has 0 aliphatic carbocycles. The number of hydrogen-bond donors (Lipinski definition) is 1. The van der Waals surface area contributed by atoms with E-state index in [0.29, 0.717) is 0 Å². The number of nitrogens with one attached hydrogen (secondary N) is 1. The normalized spacial score (nSPS) is 10.4. The molecule has 24 heavy (non-hydrogen) atoms. The van der Waals surface area contributed by atoms with Crippen LogP contribution in [0.5, 0.6) is 0 Å². The van der Waals surface area contributed by atoms with Crippen LogP contribution in [-0.4, -0.2) is 10.5 Å². The van der Waals surface area contributed by atoms with E-state index in [1.807, 2.05) is 6.07 Å². The van der Waals surface area contributed by atoms with E-state index in [0.717, 1.165) is 12.1 Å². The maximum absolute atomic E-state index is 13.2. The summed E-state index contributed by atoms with van der Waals surface area (Å²) in [5.41, 5.74) is 0.181. The van der Waals surface area contributed by atoms with Gasteiger partial charge in [0, 0.05) is 24.1 Å². The van der Waals surface area contributed by atoms with E-state index in [4.69, 9.17) is 4.42 Å². The van der Waals surface area contributed by atoms with Crippen LogP contribution in [0.4, 0.5) is 14.5 Å². The molecule has 0 bridgehead atoms. The smallest absolute Gasteiger partial charge is 0.260 e. The first-order chi connectivity index (χ1) is 11.5. The van der Waals surface area contributed by atoms with Gasteiger partial charge in [-0.1, -0.05) is 0 Å². The molecule has 0 saturated heterocycles. The maximum Gasteiger partial charge on any atom is 0.260 e. The molecule has 1 aromatic carbocycles. The number of anilines is 1. The fraction of sp³-hybridized carbons (Fsp3) is 0.0588. The Bertz CT molecular complexity index is 953. The molecule has 3 aromatic rings. The highest BCUT2D eigenvalue weighted by atomic mass is 19.2. The van der Waals surface area contributed by atoms with Crippen molar-refractivity contribution in [2.75, 3.05) is 5.32 Å². The van der Waals surface area contributed by atoms with Crippen LogP contribution in [0, 0.1) is 29.9 Å². The largest absolute Gasteiger partial charge is 0.443 e. The number of rotatable bonds is 3. The standard InChI is InChI=1S/C17H11F2N3O2/c1-10-15(12(9-20)17(24-10)22-6-2-3-7-22)16(23)21-11-4-5-13(18)14(19)8-11/h2-8H,1H3,(H,21,23). The van der Waals surface area contributed by atoms with Crippen molar-refractivity contribution in [3.63, 3.8) is 0 Å². The number of nitriles is 1. The van der Waals surface area contributed by atoms with E-state index in [1.165, 1.54) is 6.07 Å². The third kappa shape index (κ3) is 2.65. The molecule has 0 radical (unpaired) electrons. The predicted molar refractivity (Wildman–Crippen MR) is 81.8 cm³/mol. The third-order valence-corrected chi connectivity index (χ3v) is 3.42. The molecule has 120 valence electrons. The molecular weight excluding hydrogens is 316 g/mol. The van der Waals surface area contributed by atoms with Gasteiger partial charge in [-0.05, 0) is 31.2 Å². The van der Waals surface area contributed by atoms with Gasteiger partial charge in [0.05, 0.1) is 0 Å². The molecule has 0 saturated carbocycles. The van der Waals surface area contributed by atoms with E-state index in [9.17, 15) is 18.8 Å². The first-order valence-electron chi connectivity index (χ1n) is 6.94. The minimum Gasteiger partial charge on any atom is -0.443 e. The quantitative estimate of drug-likeness (QED) is 0.796. The molecule has 3 rings (SSSR count). The SMILES string of the molecule is Cc1oc(-n2cccc2)c(C#N)c1C(=O)Nc1ccc(F)c(F)c1. The summed E-state index contributed by atoms with van der Waals surface area (Å²) in [5.74, 6) is -2.27. The van der Waals surface area contributed by atoms with Crippen LogP contribution in [0.1, 0.15) is 21.7 Å². The fourth-order valence-electron chi connectivity index (χ4n) is 2.33. The second kappa shape index (κ2) is 6.01. The number of amides is 1. The Kier molecular flexibility index (Phi) is 3.88. The van der Waals surface area contributed by atoms with E-state index in [2.05, 4.69) is 5.32 Å². The minimum atomic E-state index is -1.08. The van der Waals surface area contributed by atoms with Crippen molar-refractivity contribution in [2.24, 2.45) is 0 Å². The highest BCUT2D eigenvalue weighted by molar-refractivity contribution is 6.07. The lowest BCUT2D eigenvalue weighted by Crippen LogP contribution is -2.14. The van der Waals surface area contributed by atoms with Crippen LogP contribution in [0.2, 0.25) is 0 Å². The zero-order valence-electron chi connectivity index (χ0n) is 12.5. The van der Waals surface area contributed by atoms with Gasteiger partial charge >= 0.3 is 0 Å². The Morgan fingerprint density at radius 2 is 1.96 bits per heavy atom. The second-order valence-corrected chi connectivity index (χ2v) is 5.00. The average molecular weight is 327 g/mol. The molecule has 0 aliphatic heterocycles. The number of nitrogens with zero attached hydrogens (tertiary/aromatic N) is 2. The van der Waals surface area contributed by atoms with Crippen LogP contribution in [0.3, 0.4) is 0 Å². The van der Waals surface area contributed by atoms with Crippen molar-refractivity contribution in [3.8, 4) is 12.0 Å². The zero-order chi connectivity index (χ0) is 17.3. The summed E-state index contributed by atoms with van der Waals surface area (Å²) in [6.07, 6.45) is 3.35. The van der Waals surface area contributed by atoms with E-state index in [1.54, 1.807) is 36.0 Å². The molecular formula is C17H11F2N3O2. The Hall–Kier alpha value is -3.40. The maximum atomic E-state index is 13.2. The number of carbonyl (C=O) groups excluding carboxylic acids is 1. The molecule has 1 N–H and O–H groups in total. The van der Waals surface area contributed by atoms with Crippen molar-refractivity contribution in [1.29, 1.82) is 5.26 Å². The lowest BCUT2D eigenvalue weighted by Gasteiger charge is -2.05. The first kappa shape index (κ1) is 15.5. The number of aromatic nitrogens is 1. The highest BCUT2D eigenvalue weighted by Gasteiger charge is 2.24. The van der Waals surface area contributed by atoms with Gasteiger partial charge in [-0.3, -0.25) is 9.36 Å². The monoisotopic (exact) mass is 327 g/mol. The minimum absolute atomic E-state index is 0.0472. The molecule has 0 aliphatic rings. The Morgan fingerprint density at radius 1 is 1.25 bits per heavy atom. The van der Waals surface area contributed by atoms with Gasteiger partial charge in [0.1, 0.15) is 23.0 Å². The van der Waals surface area contributed by atoms with Crippen LogP contribution in [0.15, 0.2) is 47.1 Å². The van der Waals surface area contributed by atoms with Gasteiger partial charge in [0.15, 0.2) is 11.6 Å². The van der Waals surface area contributed by atoms with E-state index in [-0.39, 0.29) is 28.5 Å². The molecule has 1 amide bonds. The van der Waals surface area contributed by atoms with Gasteiger partial charge in [-0.25, -0.2) is 8.78 Å². The number of hydrogen-bond acceptors (Lipinski definition) is 3. The van der Waals surface area contributed by atoms with Crippen LogP contribution in [0.25, 0.3) is 5.88 Å². The van der Waals surface area contributed by atoms with Crippen molar-refractivity contribution in [3.05, 3.63) is 71.2 Å². The molecule has 0 fully saturated rings. The fourth-order valence-corrected chi connectivity index (χ4v) is 2.33. The van der Waals surface area contributed by atoms with E-state index < -0.39 is 17.5 Å². The van der Waals surface area contributed by atoms with Crippen LogP contribution in [-0.2, 0) is 0 Å². The third-order valence-electron chi connectivity index (χ3n) is 3.42. The topological polar surface area (TPSA) is 71.0 Å². The number of carbonyl (C=O) groups is 1. The molecule has 0 atom stereocenters. The second-order valence-electron chi connectivity index (χ2n) is 5.00. The Labute approximate surface area is 135 Å². The Balaban J connectivity index is 1.98. The number of halogens is 2. The van der Waals surface area contributed by atoms with Gasteiger partial charge in [-0.2, -0.15) is 5.26 Å². The lowest BCUT2D eigenvalue weighted by atomic mass is 10.1. The molecule has 0 unspecified atom stereocenters. The summed E-state index contributed by atoms with van der Waals surface area (Å²) in [5, 5.41) is 11.8. The number of furan rings is 1. The summed E-state index contributed by atoms with van der Waals surface area (Å²) < 4.78 is 33.3. The van der Waals surface area contributed by atoms with Crippen molar-refractivity contribution >= 4 is 11.6 Å². The Morgan fingerprint density at radius 3 is 2.58 bits per heavy atom. The lowest BCUT2D eigenvalue weighted by molar-refractivity contribution is 0.102.